The lowest BCUT2D eigenvalue weighted by molar-refractivity contribution is -0.136. The van der Waals surface area contributed by atoms with E-state index < -0.39 is 0 Å². The van der Waals surface area contributed by atoms with Crippen LogP contribution in [0.15, 0.2) is 18.2 Å². The molecule has 0 spiro atoms. The highest BCUT2D eigenvalue weighted by Gasteiger charge is 2.21. The zero-order valence-corrected chi connectivity index (χ0v) is 12.0. The zero-order valence-electron chi connectivity index (χ0n) is 12.0. The lowest BCUT2D eigenvalue weighted by atomic mass is 10.2. The fourth-order valence-corrected chi connectivity index (χ4v) is 2.26. The van der Waals surface area contributed by atoms with E-state index in [4.69, 9.17) is 9.47 Å². The number of pyridine rings is 1. The number of hydrogen-bond acceptors (Lipinski definition) is 5. The lowest BCUT2D eigenvalue weighted by Gasteiger charge is -2.34. The van der Waals surface area contributed by atoms with E-state index in [1.165, 1.54) is 0 Å². The summed E-state index contributed by atoms with van der Waals surface area (Å²) in [5.41, 5.74) is 0.987. The van der Waals surface area contributed by atoms with Gasteiger partial charge in [-0.3, -0.25) is 9.69 Å². The predicted octanol–water partition coefficient (Wildman–Crippen LogP) is 0.381. The monoisotopic (exact) mass is 279 g/mol. The molecule has 1 aromatic heterocycles. The van der Waals surface area contributed by atoms with E-state index in [1.807, 2.05) is 23.1 Å². The minimum atomic E-state index is 0.0617. The number of carbonyl (C=O) groups excluding carboxylic acids is 1. The van der Waals surface area contributed by atoms with Gasteiger partial charge in [-0.1, -0.05) is 6.07 Å². The molecular formula is C14H21N3O3. The molecule has 1 aliphatic rings. The van der Waals surface area contributed by atoms with Crippen molar-refractivity contribution < 1.29 is 14.3 Å². The molecule has 1 aliphatic heterocycles. The second-order valence-electron chi connectivity index (χ2n) is 4.76. The van der Waals surface area contributed by atoms with Crippen LogP contribution in [-0.2, 0) is 16.1 Å². The van der Waals surface area contributed by atoms with Crippen LogP contribution < -0.4 is 4.74 Å². The molecule has 1 saturated heterocycles. The molecule has 1 aromatic rings. The number of ether oxygens (including phenoxy) is 2. The van der Waals surface area contributed by atoms with Gasteiger partial charge in [0.25, 0.3) is 0 Å². The molecule has 6 heteroatoms. The molecule has 0 N–H and O–H groups in total. The van der Waals surface area contributed by atoms with Crippen molar-refractivity contribution >= 4 is 5.91 Å². The van der Waals surface area contributed by atoms with Gasteiger partial charge in [0, 0.05) is 45.9 Å². The Labute approximate surface area is 119 Å². The number of piperazine rings is 1. The predicted molar refractivity (Wildman–Crippen MR) is 74.5 cm³/mol. The van der Waals surface area contributed by atoms with E-state index in [0.29, 0.717) is 5.88 Å². The molecule has 6 nitrogen and oxygen atoms in total. The number of nitrogens with zero attached hydrogens (tertiary/aromatic N) is 3. The summed E-state index contributed by atoms with van der Waals surface area (Å²) in [5, 5.41) is 0. The Bertz CT molecular complexity index is 445. The van der Waals surface area contributed by atoms with Crippen molar-refractivity contribution in [3.8, 4) is 5.88 Å². The molecule has 20 heavy (non-hydrogen) atoms. The summed E-state index contributed by atoms with van der Waals surface area (Å²) in [4.78, 5) is 20.2. The second-order valence-corrected chi connectivity index (χ2v) is 4.76. The summed E-state index contributed by atoms with van der Waals surface area (Å²) in [6, 6.07) is 5.77. The molecule has 1 fully saturated rings. The van der Waals surface area contributed by atoms with E-state index in [9.17, 15) is 4.79 Å². The Hall–Kier alpha value is -1.66. The molecule has 1 amide bonds. The molecule has 0 aliphatic carbocycles. The lowest BCUT2D eigenvalue weighted by Crippen LogP contribution is -2.49. The van der Waals surface area contributed by atoms with Crippen LogP contribution in [0.25, 0.3) is 0 Å². The van der Waals surface area contributed by atoms with Gasteiger partial charge < -0.3 is 14.4 Å². The zero-order chi connectivity index (χ0) is 14.4. The fraction of sp³-hybridized carbons (Fsp3) is 0.571. The first-order chi connectivity index (χ1) is 9.72. The number of methoxy groups -OCH3 is 2. The minimum Gasteiger partial charge on any atom is -0.481 e. The first kappa shape index (κ1) is 14.7. The van der Waals surface area contributed by atoms with Gasteiger partial charge in [-0.15, -0.1) is 0 Å². The van der Waals surface area contributed by atoms with Crippen LogP contribution in [-0.4, -0.2) is 67.7 Å². The van der Waals surface area contributed by atoms with Gasteiger partial charge in [0.1, 0.15) is 6.61 Å². The van der Waals surface area contributed by atoms with Crippen molar-refractivity contribution in [3.05, 3.63) is 23.9 Å². The second kappa shape index (κ2) is 7.21. The average molecular weight is 279 g/mol. The third-order valence-electron chi connectivity index (χ3n) is 3.37. The molecule has 0 aromatic carbocycles. The van der Waals surface area contributed by atoms with Crippen LogP contribution in [0.3, 0.4) is 0 Å². The van der Waals surface area contributed by atoms with Gasteiger partial charge in [0.05, 0.1) is 12.8 Å². The minimum absolute atomic E-state index is 0.0617. The van der Waals surface area contributed by atoms with Crippen LogP contribution in [0.1, 0.15) is 5.69 Å². The summed E-state index contributed by atoms with van der Waals surface area (Å²) < 4.78 is 10.00. The SMILES string of the molecule is COCC(=O)N1CCN(Cc2cccc(OC)n2)CC1. The van der Waals surface area contributed by atoms with E-state index in [-0.39, 0.29) is 12.5 Å². The molecule has 0 bridgehead atoms. The maximum atomic E-state index is 11.7. The highest BCUT2D eigenvalue weighted by atomic mass is 16.5. The summed E-state index contributed by atoms with van der Waals surface area (Å²) in [7, 11) is 3.16. The van der Waals surface area contributed by atoms with Crippen molar-refractivity contribution in [2.45, 2.75) is 6.54 Å². The Morgan fingerprint density at radius 3 is 2.65 bits per heavy atom. The van der Waals surface area contributed by atoms with E-state index in [1.54, 1.807) is 14.2 Å². The van der Waals surface area contributed by atoms with Gasteiger partial charge in [0.15, 0.2) is 0 Å². The smallest absolute Gasteiger partial charge is 0.248 e. The number of carbonyl (C=O) groups is 1. The Morgan fingerprint density at radius 2 is 2.00 bits per heavy atom. The van der Waals surface area contributed by atoms with Crippen molar-refractivity contribution in [3.63, 3.8) is 0 Å². The van der Waals surface area contributed by atoms with Crippen LogP contribution >= 0.6 is 0 Å². The summed E-state index contributed by atoms with van der Waals surface area (Å²) >= 11 is 0. The highest BCUT2D eigenvalue weighted by molar-refractivity contribution is 5.77. The van der Waals surface area contributed by atoms with Crippen molar-refractivity contribution in [2.24, 2.45) is 0 Å². The molecular weight excluding hydrogens is 258 g/mol. The number of aromatic nitrogens is 1. The van der Waals surface area contributed by atoms with Gasteiger partial charge in [-0.2, -0.15) is 0 Å². The van der Waals surface area contributed by atoms with Gasteiger partial charge >= 0.3 is 0 Å². The van der Waals surface area contributed by atoms with Crippen molar-refractivity contribution in [2.75, 3.05) is 47.0 Å². The van der Waals surface area contributed by atoms with Crippen molar-refractivity contribution in [1.82, 2.24) is 14.8 Å². The van der Waals surface area contributed by atoms with Crippen molar-refractivity contribution in [1.29, 1.82) is 0 Å². The Balaban J connectivity index is 1.83. The van der Waals surface area contributed by atoms with Crippen LogP contribution in [0.4, 0.5) is 0 Å². The van der Waals surface area contributed by atoms with E-state index in [2.05, 4.69) is 9.88 Å². The normalized spacial score (nSPS) is 16.2. The topological polar surface area (TPSA) is 54.9 Å². The quantitative estimate of drug-likeness (QED) is 0.780. The highest BCUT2D eigenvalue weighted by Crippen LogP contribution is 2.11. The molecule has 2 heterocycles. The Morgan fingerprint density at radius 1 is 1.25 bits per heavy atom. The average Bonchev–Trinajstić information content (AvgIpc) is 2.48. The van der Waals surface area contributed by atoms with Crippen LogP contribution in [0, 0.1) is 0 Å². The summed E-state index contributed by atoms with van der Waals surface area (Å²) in [6.45, 7) is 4.14. The Kier molecular flexibility index (Phi) is 5.31. The molecule has 0 unspecified atom stereocenters. The molecule has 110 valence electrons. The number of rotatable bonds is 5. The largest absolute Gasteiger partial charge is 0.481 e. The van der Waals surface area contributed by atoms with Gasteiger partial charge in [-0.25, -0.2) is 4.98 Å². The molecule has 0 atom stereocenters. The van der Waals surface area contributed by atoms with Gasteiger partial charge in [-0.05, 0) is 6.07 Å². The number of hydrogen-bond donors (Lipinski definition) is 0. The molecule has 0 radical (unpaired) electrons. The van der Waals surface area contributed by atoms with E-state index in [0.717, 1.165) is 38.4 Å². The maximum absolute atomic E-state index is 11.7. The fourth-order valence-electron chi connectivity index (χ4n) is 2.26. The number of amides is 1. The van der Waals surface area contributed by atoms with Gasteiger partial charge in [0.2, 0.25) is 11.8 Å². The standard InChI is InChI=1S/C14H21N3O3/c1-19-11-14(18)17-8-6-16(7-9-17)10-12-4-3-5-13(15-12)20-2/h3-5H,6-11H2,1-2H3. The third-order valence-corrected chi connectivity index (χ3v) is 3.37. The van der Waals surface area contributed by atoms with Crippen LogP contribution in [0.5, 0.6) is 5.88 Å². The third kappa shape index (κ3) is 3.91. The summed E-state index contributed by atoms with van der Waals surface area (Å²) in [5.74, 6) is 0.697. The van der Waals surface area contributed by atoms with Crippen LogP contribution in [0.2, 0.25) is 0 Å². The maximum Gasteiger partial charge on any atom is 0.248 e. The molecule has 2 rings (SSSR count). The first-order valence-corrected chi connectivity index (χ1v) is 6.72. The first-order valence-electron chi connectivity index (χ1n) is 6.72. The molecule has 0 saturated carbocycles. The van der Waals surface area contributed by atoms with E-state index >= 15 is 0 Å². The summed E-state index contributed by atoms with van der Waals surface area (Å²) in [6.07, 6.45) is 0.